The van der Waals surface area contributed by atoms with E-state index in [-0.39, 0.29) is 5.91 Å². The summed E-state index contributed by atoms with van der Waals surface area (Å²) in [5, 5.41) is 9.34. The Labute approximate surface area is 142 Å². The van der Waals surface area contributed by atoms with Gasteiger partial charge in [-0.05, 0) is 27.7 Å². The van der Waals surface area contributed by atoms with E-state index in [1.807, 2.05) is 0 Å². The second kappa shape index (κ2) is 13.7. The van der Waals surface area contributed by atoms with Crippen molar-refractivity contribution in [1.82, 2.24) is 20.9 Å². The van der Waals surface area contributed by atoms with Gasteiger partial charge in [-0.25, -0.2) is 0 Å². The van der Waals surface area contributed by atoms with Gasteiger partial charge in [0, 0.05) is 44.3 Å². The van der Waals surface area contributed by atoms with Crippen LogP contribution in [0, 0.1) is 0 Å². The molecule has 0 aromatic heterocycles. The molecule has 0 aromatic carbocycles. The van der Waals surface area contributed by atoms with Crippen molar-refractivity contribution in [3.05, 3.63) is 0 Å². The molecule has 0 fully saturated rings. The summed E-state index contributed by atoms with van der Waals surface area (Å²) < 4.78 is 5.47. The summed E-state index contributed by atoms with van der Waals surface area (Å²) >= 11 is 0. The summed E-state index contributed by atoms with van der Waals surface area (Å²) in [5.74, 6) is 0.0407. The maximum absolute atomic E-state index is 11.7. The van der Waals surface area contributed by atoms with Gasteiger partial charge in [0.05, 0.1) is 19.8 Å². The van der Waals surface area contributed by atoms with Crippen molar-refractivity contribution >= 4 is 5.91 Å². The standard InChI is InChI=1S/C17H38N4O2/c1-14(2)19-9-12-23-11-8-18-13-17(22)20-7-10-21(15(3)4)16(5)6/h14-16,18-19H,7-13H2,1-6H3,(H,20,22). The molecule has 0 aliphatic carbocycles. The smallest absolute Gasteiger partial charge is 0.234 e. The van der Waals surface area contributed by atoms with E-state index in [4.69, 9.17) is 4.74 Å². The second-order valence-electron chi connectivity index (χ2n) is 6.67. The van der Waals surface area contributed by atoms with Crippen LogP contribution < -0.4 is 16.0 Å². The van der Waals surface area contributed by atoms with Gasteiger partial charge in [-0.1, -0.05) is 13.8 Å². The number of carbonyl (C=O) groups excluding carboxylic acids is 1. The van der Waals surface area contributed by atoms with Crippen molar-refractivity contribution in [2.45, 2.75) is 59.7 Å². The summed E-state index contributed by atoms with van der Waals surface area (Å²) in [6.07, 6.45) is 0. The molecular weight excluding hydrogens is 292 g/mol. The van der Waals surface area contributed by atoms with Crippen LogP contribution in [-0.4, -0.2) is 74.9 Å². The number of nitrogens with zero attached hydrogens (tertiary/aromatic N) is 1. The Morgan fingerprint density at radius 3 is 2.13 bits per heavy atom. The second-order valence-corrected chi connectivity index (χ2v) is 6.67. The topological polar surface area (TPSA) is 65.6 Å². The van der Waals surface area contributed by atoms with Crippen LogP contribution >= 0.6 is 0 Å². The number of carbonyl (C=O) groups is 1. The Kier molecular flexibility index (Phi) is 13.3. The summed E-state index contributed by atoms with van der Waals surface area (Å²) in [7, 11) is 0. The predicted octanol–water partition coefficient (Wildman–Crippen LogP) is 0.826. The number of hydrogen-bond acceptors (Lipinski definition) is 5. The SMILES string of the molecule is CC(C)NCCOCCNCC(=O)NCCN(C(C)C)C(C)C. The minimum Gasteiger partial charge on any atom is -0.379 e. The van der Waals surface area contributed by atoms with E-state index in [1.54, 1.807) is 0 Å². The molecule has 6 nitrogen and oxygen atoms in total. The lowest BCUT2D eigenvalue weighted by Gasteiger charge is -2.30. The first kappa shape index (κ1) is 22.3. The number of rotatable bonds is 14. The molecule has 0 spiro atoms. The Morgan fingerprint density at radius 1 is 0.957 bits per heavy atom. The van der Waals surface area contributed by atoms with Crippen molar-refractivity contribution in [3.63, 3.8) is 0 Å². The molecule has 0 saturated carbocycles. The van der Waals surface area contributed by atoms with Crippen LogP contribution in [0.1, 0.15) is 41.5 Å². The zero-order valence-electron chi connectivity index (χ0n) is 15.9. The Bertz CT molecular complexity index is 288. The number of nitrogens with one attached hydrogen (secondary N) is 3. The van der Waals surface area contributed by atoms with E-state index < -0.39 is 0 Å². The largest absolute Gasteiger partial charge is 0.379 e. The van der Waals surface area contributed by atoms with Crippen LogP contribution in [0.5, 0.6) is 0 Å². The van der Waals surface area contributed by atoms with Crippen molar-refractivity contribution < 1.29 is 9.53 Å². The number of amides is 1. The van der Waals surface area contributed by atoms with Crippen molar-refractivity contribution in [2.75, 3.05) is 45.9 Å². The molecule has 0 unspecified atom stereocenters. The first-order valence-corrected chi connectivity index (χ1v) is 8.88. The molecule has 3 N–H and O–H groups in total. The Balaban J connectivity index is 3.50. The third-order valence-electron chi connectivity index (χ3n) is 3.53. The van der Waals surface area contributed by atoms with E-state index in [0.29, 0.717) is 51.0 Å². The number of ether oxygens (including phenoxy) is 1. The van der Waals surface area contributed by atoms with E-state index in [9.17, 15) is 4.79 Å². The van der Waals surface area contributed by atoms with Crippen LogP contribution in [0.4, 0.5) is 0 Å². The van der Waals surface area contributed by atoms with Crippen LogP contribution in [0.25, 0.3) is 0 Å². The monoisotopic (exact) mass is 330 g/mol. The van der Waals surface area contributed by atoms with Gasteiger partial charge in [0.2, 0.25) is 5.91 Å². The predicted molar refractivity (Wildman–Crippen MR) is 96.8 cm³/mol. The Hall–Kier alpha value is -0.690. The first-order valence-electron chi connectivity index (χ1n) is 8.88. The Morgan fingerprint density at radius 2 is 1.57 bits per heavy atom. The molecule has 0 aliphatic rings. The first-order chi connectivity index (χ1) is 10.8. The van der Waals surface area contributed by atoms with E-state index in [2.05, 4.69) is 62.4 Å². The lowest BCUT2D eigenvalue weighted by molar-refractivity contribution is -0.120. The summed E-state index contributed by atoms with van der Waals surface area (Å²) in [5.41, 5.74) is 0. The van der Waals surface area contributed by atoms with Gasteiger partial charge in [0.25, 0.3) is 0 Å². The molecule has 0 bridgehead atoms. The fourth-order valence-electron chi connectivity index (χ4n) is 2.37. The van der Waals surface area contributed by atoms with Crippen LogP contribution in [-0.2, 0) is 9.53 Å². The quantitative estimate of drug-likeness (QED) is 0.412. The van der Waals surface area contributed by atoms with Gasteiger partial charge in [-0.15, -0.1) is 0 Å². The van der Waals surface area contributed by atoms with Crippen LogP contribution in [0.15, 0.2) is 0 Å². The van der Waals surface area contributed by atoms with Gasteiger partial charge in [0.1, 0.15) is 0 Å². The van der Waals surface area contributed by atoms with Crippen LogP contribution in [0.3, 0.4) is 0 Å². The molecule has 0 heterocycles. The minimum absolute atomic E-state index is 0.0407. The van der Waals surface area contributed by atoms with Crippen molar-refractivity contribution in [3.8, 4) is 0 Å². The zero-order chi connectivity index (χ0) is 17.7. The highest BCUT2D eigenvalue weighted by Gasteiger charge is 2.12. The third-order valence-corrected chi connectivity index (χ3v) is 3.53. The normalized spacial score (nSPS) is 11.9. The zero-order valence-corrected chi connectivity index (χ0v) is 15.9. The van der Waals surface area contributed by atoms with Gasteiger partial charge < -0.3 is 20.7 Å². The van der Waals surface area contributed by atoms with Crippen LogP contribution in [0.2, 0.25) is 0 Å². The summed E-state index contributed by atoms with van der Waals surface area (Å²) in [6, 6.07) is 1.47. The van der Waals surface area contributed by atoms with E-state index in [0.717, 1.165) is 13.1 Å². The molecule has 6 heteroatoms. The average molecular weight is 331 g/mol. The highest BCUT2D eigenvalue weighted by Crippen LogP contribution is 2.02. The molecule has 0 atom stereocenters. The fourth-order valence-corrected chi connectivity index (χ4v) is 2.37. The highest BCUT2D eigenvalue weighted by atomic mass is 16.5. The molecule has 138 valence electrons. The van der Waals surface area contributed by atoms with E-state index >= 15 is 0 Å². The molecule has 0 saturated heterocycles. The molecule has 1 amide bonds. The summed E-state index contributed by atoms with van der Waals surface area (Å²) in [4.78, 5) is 14.1. The van der Waals surface area contributed by atoms with Crippen molar-refractivity contribution in [2.24, 2.45) is 0 Å². The minimum atomic E-state index is 0.0407. The molecule has 0 radical (unpaired) electrons. The molecular formula is C17H38N4O2. The van der Waals surface area contributed by atoms with Gasteiger partial charge in [0.15, 0.2) is 0 Å². The molecule has 0 aliphatic heterocycles. The molecule has 0 rings (SSSR count). The maximum Gasteiger partial charge on any atom is 0.234 e. The highest BCUT2D eigenvalue weighted by molar-refractivity contribution is 5.77. The average Bonchev–Trinajstić information content (AvgIpc) is 2.45. The number of hydrogen-bond donors (Lipinski definition) is 3. The lowest BCUT2D eigenvalue weighted by atomic mass is 10.2. The third kappa shape index (κ3) is 13.4. The van der Waals surface area contributed by atoms with Crippen molar-refractivity contribution in [1.29, 1.82) is 0 Å². The van der Waals surface area contributed by atoms with Gasteiger partial charge in [-0.3, -0.25) is 9.69 Å². The molecule has 23 heavy (non-hydrogen) atoms. The molecule has 0 aromatic rings. The maximum atomic E-state index is 11.7. The fraction of sp³-hybridized carbons (Fsp3) is 0.941. The van der Waals surface area contributed by atoms with Gasteiger partial charge >= 0.3 is 0 Å². The van der Waals surface area contributed by atoms with E-state index in [1.165, 1.54) is 0 Å². The van der Waals surface area contributed by atoms with Gasteiger partial charge in [-0.2, -0.15) is 0 Å². The lowest BCUT2D eigenvalue weighted by Crippen LogP contribution is -2.44. The summed E-state index contributed by atoms with van der Waals surface area (Å²) in [6.45, 7) is 17.7.